The lowest BCUT2D eigenvalue weighted by atomic mass is 9.84. The molecule has 1 aliphatic rings. The number of carbonyl (C=O) groups excluding carboxylic acids is 2. The van der Waals surface area contributed by atoms with Crippen LogP contribution in [0.2, 0.25) is 0 Å². The molecule has 1 fully saturated rings. The fourth-order valence-electron chi connectivity index (χ4n) is 1.34. The third kappa shape index (κ3) is 1.07. The van der Waals surface area contributed by atoms with Crippen molar-refractivity contribution in [2.24, 2.45) is 5.41 Å². The van der Waals surface area contributed by atoms with E-state index in [0.29, 0.717) is 12.8 Å². The Morgan fingerprint density at radius 1 is 1.45 bits per heavy atom. The van der Waals surface area contributed by atoms with Gasteiger partial charge in [-0.05, 0) is 6.92 Å². The minimum atomic E-state index is -0.852. The summed E-state index contributed by atoms with van der Waals surface area (Å²) < 4.78 is 0. The Morgan fingerprint density at radius 3 is 2.27 bits per heavy atom. The summed E-state index contributed by atoms with van der Waals surface area (Å²) in [6.07, 6.45) is 6.06. The van der Waals surface area contributed by atoms with E-state index in [0.717, 1.165) is 0 Å². The highest BCUT2D eigenvalue weighted by Crippen LogP contribution is 2.33. The summed E-state index contributed by atoms with van der Waals surface area (Å²) in [7, 11) is 0. The molecule has 0 unspecified atom stereocenters. The third-order valence-corrected chi connectivity index (χ3v) is 2.27. The second-order valence-corrected chi connectivity index (χ2v) is 3.06. The summed E-state index contributed by atoms with van der Waals surface area (Å²) in [5.74, 6) is 2.37. The number of terminal acetylenes is 1. The molecule has 0 aromatic carbocycles. The first-order chi connectivity index (χ1) is 5.11. The molecule has 1 saturated carbocycles. The number of carbonyl (C=O) groups is 2. The summed E-state index contributed by atoms with van der Waals surface area (Å²) in [6, 6.07) is 0. The molecule has 0 atom stereocenters. The van der Waals surface area contributed by atoms with E-state index in [9.17, 15) is 9.59 Å². The van der Waals surface area contributed by atoms with Gasteiger partial charge < -0.3 is 0 Å². The van der Waals surface area contributed by atoms with Crippen LogP contribution < -0.4 is 0 Å². The van der Waals surface area contributed by atoms with E-state index in [2.05, 4.69) is 5.92 Å². The molecule has 0 heterocycles. The van der Waals surface area contributed by atoms with Gasteiger partial charge in [0.25, 0.3) is 0 Å². The molecule has 0 saturated heterocycles. The topological polar surface area (TPSA) is 34.1 Å². The predicted molar refractivity (Wildman–Crippen MR) is 40.8 cm³/mol. The molecule has 0 aliphatic heterocycles. The Hall–Kier alpha value is -1.10. The number of rotatable bonds is 1. The van der Waals surface area contributed by atoms with Crippen molar-refractivity contribution in [1.29, 1.82) is 0 Å². The lowest BCUT2D eigenvalue weighted by Crippen LogP contribution is -2.28. The van der Waals surface area contributed by atoms with Gasteiger partial charge in [-0.2, -0.15) is 0 Å². The van der Waals surface area contributed by atoms with Crippen LogP contribution in [0.4, 0.5) is 0 Å². The van der Waals surface area contributed by atoms with Crippen molar-refractivity contribution in [2.45, 2.75) is 26.2 Å². The van der Waals surface area contributed by atoms with Gasteiger partial charge in [0.15, 0.2) is 0 Å². The second kappa shape index (κ2) is 2.50. The van der Waals surface area contributed by atoms with E-state index in [4.69, 9.17) is 6.42 Å². The zero-order valence-electron chi connectivity index (χ0n) is 6.52. The van der Waals surface area contributed by atoms with Crippen molar-refractivity contribution in [3.05, 3.63) is 0 Å². The molecule has 0 aromatic heterocycles. The first-order valence-corrected chi connectivity index (χ1v) is 3.61. The molecule has 0 aromatic rings. The Bertz CT molecular complexity index is 229. The standard InChI is InChI=1S/C9H10O2/c1-3-6-9(2)7(10)4-5-8(9)11/h1H,4-6H2,2H3. The quantitative estimate of drug-likeness (QED) is 0.412. The molecule has 2 nitrogen and oxygen atoms in total. The van der Waals surface area contributed by atoms with Gasteiger partial charge in [0.05, 0.1) is 5.41 Å². The lowest BCUT2D eigenvalue weighted by molar-refractivity contribution is -0.133. The van der Waals surface area contributed by atoms with Gasteiger partial charge in [-0.1, -0.05) is 0 Å². The van der Waals surface area contributed by atoms with Crippen LogP contribution in [0, 0.1) is 17.8 Å². The Morgan fingerprint density at radius 2 is 1.91 bits per heavy atom. The molecule has 1 rings (SSSR count). The van der Waals surface area contributed by atoms with Gasteiger partial charge >= 0.3 is 0 Å². The van der Waals surface area contributed by atoms with Gasteiger partial charge in [-0.25, -0.2) is 0 Å². The maximum absolute atomic E-state index is 11.2. The maximum Gasteiger partial charge on any atom is 0.147 e. The van der Waals surface area contributed by atoms with Crippen LogP contribution in [-0.2, 0) is 9.59 Å². The van der Waals surface area contributed by atoms with Crippen molar-refractivity contribution in [1.82, 2.24) is 0 Å². The highest BCUT2D eigenvalue weighted by atomic mass is 16.2. The molecular weight excluding hydrogens is 140 g/mol. The molecule has 0 N–H and O–H groups in total. The first kappa shape index (κ1) is 8.00. The Labute approximate surface area is 66.0 Å². The molecule has 0 amide bonds. The average molecular weight is 150 g/mol. The van der Waals surface area contributed by atoms with Crippen LogP contribution in [-0.4, -0.2) is 11.6 Å². The van der Waals surface area contributed by atoms with Gasteiger partial charge in [0, 0.05) is 19.3 Å². The number of Topliss-reactive ketones (excluding diaryl/α,β-unsaturated/α-hetero) is 2. The highest BCUT2D eigenvalue weighted by molar-refractivity contribution is 6.12. The molecule has 0 bridgehead atoms. The predicted octanol–water partition coefficient (Wildman–Crippen LogP) is 0.948. The highest BCUT2D eigenvalue weighted by Gasteiger charge is 2.44. The second-order valence-electron chi connectivity index (χ2n) is 3.06. The summed E-state index contributed by atoms with van der Waals surface area (Å²) >= 11 is 0. The van der Waals surface area contributed by atoms with Crippen LogP contribution in [0.1, 0.15) is 26.2 Å². The smallest absolute Gasteiger partial charge is 0.147 e. The molecule has 0 radical (unpaired) electrons. The SMILES string of the molecule is C#CCC1(C)C(=O)CCC1=O. The van der Waals surface area contributed by atoms with Gasteiger partial charge in [0.2, 0.25) is 0 Å². The monoisotopic (exact) mass is 150 g/mol. The van der Waals surface area contributed by atoms with Crippen LogP contribution in [0.25, 0.3) is 0 Å². The van der Waals surface area contributed by atoms with Crippen LogP contribution in [0.15, 0.2) is 0 Å². The van der Waals surface area contributed by atoms with Crippen LogP contribution >= 0.6 is 0 Å². The average Bonchev–Trinajstić information content (AvgIpc) is 2.19. The number of ketones is 2. The van der Waals surface area contributed by atoms with Crippen molar-refractivity contribution in [3.8, 4) is 12.3 Å². The van der Waals surface area contributed by atoms with Gasteiger partial charge in [-0.15, -0.1) is 12.3 Å². The van der Waals surface area contributed by atoms with Crippen molar-refractivity contribution < 1.29 is 9.59 Å². The van der Waals surface area contributed by atoms with E-state index in [1.54, 1.807) is 6.92 Å². The molecule has 11 heavy (non-hydrogen) atoms. The minimum Gasteiger partial charge on any atom is -0.299 e. The minimum absolute atomic E-state index is 0.000417. The number of hydrogen-bond donors (Lipinski definition) is 0. The first-order valence-electron chi connectivity index (χ1n) is 3.61. The van der Waals surface area contributed by atoms with Crippen molar-refractivity contribution >= 4 is 11.6 Å². The molecule has 2 heteroatoms. The lowest BCUT2D eigenvalue weighted by Gasteiger charge is -2.15. The van der Waals surface area contributed by atoms with E-state index in [1.165, 1.54) is 0 Å². The Balaban J connectivity index is 2.91. The molecule has 0 spiro atoms. The normalized spacial score (nSPS) is 21.8. The van der Waals surface area contributed by atoms with E-state index in [-0.39, 0.29) is 18.0 Å². The van der Waals surface area contributed by atoms with Gasteiger partial charge in [0.1, 0.15) is 11.6 Å². The zero-order chi connectivity index (χ0) is 8.48. The van der Waals surface area contributed by atoms with Crippen molar-refractivity contribution in [2.75, 3.05) is 0 Å². The summed E-state index contributed by atoms with van der Waals surface area (Å²) in [6.45, 7) is 1.64. The van der Waals surface area contributed by atoms with Crippen molar-refractivity contribution in [3.63, 3.8) is 0 Å². The zero-order valence-corrected chi connectivity index (χ0v) is 6.52. The molecule has 58 valence electrons. The summed E-state index contributed by atoms with van der Waals surface area (Å²) in [5, 5.41) is 0. The van der Waals surface area contributed by atoms with Crippen LogP contribution in [0.5, 0.6) is 0 Å². The third-order valence-electron chi connectivity index (χ3n) is 2.27. The van der Waals surface area contributed by atoms with E-state index >= 15 is 0 Å². The molecular formula is C9H10O2. The summed E-state index contributed by atoms with van der Waals surface area (Å²) in [4.78, 5) is 22.4. The Kier molecular flexibility index (Phi) is 1.82. The number of hydrogen-bond acceptors (Lipinski definition) is 2. The maximum atomic E-state index is 11.2. The van der Waals surface area contributed by atoms with E-state index in [1.807, 2.05) is 0 Å². The summed E-state index contributed by atoms with van der Waals surface area (Å²) in [5.41, 5.74) is -0.852. The van der Waals surface area contributed by atoms with Gasteiger partial charge in [-0.3, -0.25) is 9.59 Å². The fraction of sp³-hybridized carbons (Fsp3) is 0.556. The molecule has 1 aliphatic carbocycles. The van der Waals surface area contributed by atoms with E-state index < -0.39 is 5.41 Å². The fourth-order valence-corrected chi connectivity index (χ4v) is 1.34. The van der Waals surface area contributed by atoms with Crippen LogP contribution in [0.3, 0.4) is 0 Å². The largest absolute Gasteiger partial charge is 0.299 e.